The van der Waals surface area contributed by atoms with Gasteiger partial charge in [0.2, 0.25) is 0 Å². The number of halogens is 3. The van der Waals surface area contributed by atoms with Crippen molar-refractivity contribution in [3.05, 3.63) is 28.2 Å². The van der Waals surface area contributed by atoms with Gasteiger partial charge in [-0.1, -0.05) is 0 Å². The third-order valence-electron chi connectivity index (χ3n) is 2.85. The molecule has 94 valence electrons. The fourth-order valence-corrected chi connectivity index (χ4v) is 2.23. The summed E-state index contributed by atoms with van der Waals surface area (Å²) < 4.78 is 32.4. The van der Waals surface area contributed by atoms with Crippen molar-refractivity contribution in [2.24, 2.45) is 0 Å². The van der Waals surface area contributed by atoms with E-state index in [0.29, 0.717) is 6.54 Å². The van der Waals surface area contributed by atoms with Crippen LogP contribution in [0.25, 0.3) is 0 Å². The van der Waals surface area contributed by atoms with E-state index in [1.165, 1.54) is 0 Å². The molecule has 2 rings (SSSR count). The molecule has 0 spiro atoms. The zero-order valence-corrected chi connectivity index (χ0v) is 11.1. The molecule has 2 nitrogen and oxygen atoms in total. The smallest absolute Gasteiger partial charge is 0.147 e. The second-order valence-electron chi connectivity index (χ2n) is 4.27. The molecule has 0 radical (unpaired) electrons. The lowest BCUT2D eigenvalue weighted by molar-refractivity contribution is 0.0636. The Morgan fingerprint density at radius 1 is 1.35 bits per heavy atom. The summed E-state index contributed by atoms with van der Waals surface area (Å²) in [5.74, 6) is -0.945. The summed E-state index contributed by atoms with van der Waals surface area (Å²) in [6, 6.07) is 2.27. The molecule has 1 aliphatic rings. The molecule has 0 amide bonds. The lowest BCUT2D eigenvalue weighted by atomic mass is 10.2. The molecule has 1 saturated heterocycles. The van der Waals surface area contributed by atoms with Gasteiger partial charge < -0.3 is 10.1 Å². The van der Waals surface area contributed by atoms with E-state index in [4.69, 9.17) is 4.74 Å². The molecular formula is C12H14BrF2NO. The molecule has 1 aromatic carbocycles. The van der Waals surface area contributed by atoms with E-state index in [2.05, 4.69) is 21.2 Å². The van der Waals surface area contributed by atoms with E-state index in [-0.39, 0.29) is 22.4 Å². The first-order chi connectivity index (χ1) is 8.06. The van der Waals surface area contributed by atoms with E-state index in [9.17, 15) is 8.78 Å². The molecule has 2 unspecified atom stereocenters. The summed E-state index contributed by atoms with van der Waals surface area (Å²) in [6.07, 6.45) is 2.31. The van der Waals surface area contributed by atoms with Crippen molar-refractivity contribution >= 4 is 21.6 Å². The number of anilines is 1. The third kappa shape index (κ3) is 3.16. The average molecular weight is 306 g/mol. The Balaban J connectivity index is 1.97. The van der Waals surface area contributed by atoms with Crippen LogP contribution in [-0.4, -0.2) is 18.8 Å². The second-order valence-corrected chi connectivity index (χ2v) is 5.13. The lowest BCUT2D eigenvalue weighted by Crippen LogP contribution is -2.20. The maximum Gasteiger partial charge on any atom is 0.147 e. The molecule has 5 heteroatoms. The Morgan fingerprint density at radius 2 is 2.12 bits per heavy atom. The highest BCUT2D eigenvalue weighted by molar-refractivity contribution is 9.10. The summed E-state index contributed by atoms with van der Waals surface area (Å²) in [4.78, 5) is 0. The van der Waals surface area contributed by atoms with E-state index < -0.39 is 11.6 Å². The minimum Gasteiger partial charge on any atom is -0.380 e. The van der Waals surface area contributed by atoms with E-state index in [1.807, 2.05) is 6.92 Å². The molecule has 0 bridgehead atoms. The van der Waals surface area contributed by atoms with Gasteiger partial charge in [-0.2, -0.15) is 0 Å². The molecular weight excluding hydrogens is 292 g/mol. The number of hydrogen-bond acceptors (Lipinski definition) is 2. The van der Waals surface area contributed by atoms with Crippen LogP contribution in [0.15, 0.2) is 16.6 Å². The minimum atomic E-state index is -0.477. The normalized spacial score (nSPS) is 24.0. The van der Waals surface area contributed by atoms with Crippen LogP contribution in [0.2, 0.25) is 0 Å². The standard InChI is InChI=1S/C12H14BrF2NO/c1-7-2-3-8(17-7)6-16-12-5-10(14)9(13)4-11(12)15/h4-5,7-8,16H,2-3,6H2,1H3. The zero-order chi connectivity index (χ0) is 12.4. The van der Waals surface area contributed by atoms with Crippen molar-refractivity contribution in [3.8, 4) is 0 Å². The maximum atomic E-state index is 13.5. The summed E-state index contributed by atoms with van der Waals surface area (Å²) in [7, 11) is 0. The number of ether oxygens (including phenoxy) is 1. The summed E-state index contributed by atoms with van der Waals surface area (Å²) >= 11 is 2.94. The first-order valence-electron chi connectivity index (χ1n) is 5.60. The van der Waals surface area contributed by atoms with E-state index in [1.54, 1.807) is 0 Å². The zero-order valence-electron chi connectivity index (χ0n) is 9.47. The summed E-state index contributed by atoms with van der Waals surface area (Å²) in [6.45, 7) is 2.52. The molecule has 17 heavy (non-hydrogen) atoms. The molecule has 1 aliphatic heterocycles. The monoisotopic (exact) mass is 305 g/mol. The number of benzene rings is 1. The van der Waals surface area contributed by atoms with Crippen LogP contribution in [0, 0.1) is 11.6 Å². The van der Waals surface area contributed by atoms with Crippen LogP contribution in [0.1, 0.15) is 19.8 Å². The van der Waals surface area contributed by atoms with Gasteiger partial charge in [0, 0.05) is 12.6 Å². The van der Waals surface area contributed by atoms with Gasteiger partial charge in [-0.25, -0.2) is 8.78 Å². The predicted molar refractivity (Wildman–Crippen MR) is 66.1 cm³/mol. The Hall–Kier alpha value is -0.680. The Morgan fingerprint density at radius 3 is 2.76 bits per heavy atom. The van der Waals surface area contributed by atoms with Crippen molar-refractivity contribution in [2.75, 3.05) is 11.9 Å². The lowest BCUT2D eigenvalue weighted by Gasteiger charge is -2.14. The number of rotatable bonds is 3. The SMILES string of the molecule is CC1CCC(CNc2cc(F)c(Br)cc2F)O1. The van der Waals surface area contributed by atoms with Crippen molar-refractivity contribution in [3.63, 3.8) is 0 Å². The van der Waals surface area contributed by atoms with Crippen molar-refractivity contribution < 1.29 is 13.5 Å². The van der Waals surface area contributed by atoms with Gasteiger partial charge >= 0.3 is 0 Å². The van der Waals surface area contributed by atoms with Crippen molar-refractivity contribution in [1.29, 1.82) is 0 Å². The third-order valence-corrected chi connectivity index (χ3v) is 3.46. The molecule has 0 aromatic heterocycles. The van der Waals surface area contributed by atoms with Crippen LogP contribution in [-0.2, 0) is 4.74 Å². The van der Waals surface area contributed by atoms with Crippen molar-refractivity contribution in [2.45, 2.75) is 32.0 Å². The average Bonchev–Trinajstić information content (AvgIpc) is 2.68. The van der Waals surface area contributed by atoms with E-state index >= 15 is 0 Å². The molecule has 1 fully saturated rings. The van der Waals surface area contributed by atoms with Gasteiger partial charge in [0.25, 0.3) is 0 Å². The van der Waals surface area contributed by atoms with Gasteiger partial charge in [0.15, 0.2) is 0 Å². The predicted octanol–water partition coefficient (Wildman–Crippen LogP) is 3.71. The Bertz CT molecular complexity index is 414. The second kappa shape index (κ2) is 5.31. The maximum absolute atomic E-state index is 13.5. The highest BCUT2D eigenvalue weighted by Crippen LogP contribution is 2.24. The number of hydrogen-bond donors (Lipinski definition) is 1. The quantitative estimate of drug-likeness (QED) is 0.860. The molecule has 0 saturated carbocycles. The Kier molecular flexibility index (Phi) is 3.99. The van der Waals surface area contributed by atoms with Crippen LogP contribution >= 0.6 is 15.9 Å². The van der Waals surface area contributed by atoms with Crippen LogP contribution in [0.5, 0.6) is 0 Å². The highest BCUT2D eigenvalue weighted by Gasteiger charge is 2.21. The van der Waals surface area contributed by atoms with Crippen LogP contribution in [0.3, 0.4) is 0 Å². The highest BCUT2D eigenvalue weighted by atomic mass is 79.9. The minimum absolute atomic E-state index is 0.0797. The number of nitrogens with one attached hydrogen (secondary N) is 1. The van der Waals surface area contributed by atoms with Gasteiger partial charge in [-0.3, -0.25) is 0 Å². The molecule has 1 aromatic rings. The fourth-order valence-electron chi connectivity index (χ4n) is 1.92. The first kappa shape index (κ1) is 12.8. The van der Waals surface area contributed by atoms with Gasteiger partial charge in [-0.05, 0) is 41.8 Å². The van der Waals surface area contributed by atoms with Crippen LogP contribution in [0.4, 0.5) is 14.5 Å². The van der Waals surface area contributed by atoms with E-state index in [0.717, 1.165) is 25.0 Å². The topological polar surface area (TPSA) is 21.3 Å². The first-order valence-corrected chi connectivity index (χ1v) is 6.39. The summed E-state index contributed by atoms with van der Waals surface area (Å²) in [5.41, 5.74) is 0.175. The fraction of sp³-hybridized carbons (Fsp3) is 0.500. The molecule has 1 N–H and O–H groups in total. The molecule has 1 heterocycles. The Labute approximate surface area is 107 Å². The van der Waals surface area contributed by atoms with Crippen molar-refractivity contribution in [1.82, 2.24) is 0 Å². The molecule has 0 aliphatic carbocycles. The van der Waals surface area contributed by atoms with Gasteiger partial charge in [0.1, 0.15) is 11.6 Å². The van der Waals surface area contributed by atoms with Gasteiger partial charge in [-0.15, -0.1) is 0 Å². The summed E-state index contributed by atoms with van der Waals surface area (Å²) in [5, 5.41) is 2.88. The van der Waals surface area contributed by atoms with Gasteiger partial charge in [0.05, 0.1) is 22.4 Å². The largest absolute Gasteiger partial charge is 0.380 e. The molecule has 2 atom stereocenters. The van der Waals surface area contributed by atoms with Crippen LogP contribution < -0.4 is 5.32 Å².